The lowest BCUT2D eigenvalue weighted by Crippen LogP contribution is -2.59. The zero-order chi connectivity index (χ0) is 52.2. The monoisotopic (exact) mass is 996 g/mol. The van der Waals surface area contributed by atoms with Gasteiger partial charge in [-0.3, -0.25) is 47.9 Å². The highest BCUT2D eigenvalue weighted by atomic mass is 32.2. The molecule has 70 heavy (non-hydrogen) atoms. The number of nitrogens with one attached hydrogen (secondary N) is 9. The number of hydrogen-bond donors (Lipinski definition) is 11. The number of thioether (sulfide) groups is 1. The second-order valence-corrected chi connectivity index (χ2v) is 18.8. The van der Waals surface area contributed by atoms with Crippen molar-refractivity contribution < 1.29 is 47.9 Å². The highest BCUT2D eigenvalue weighted by Crippen LogP contribution is 2.20. The molecule has 10 amide bonds. The number of hydrogen-bond acceptors (Lipinski definition) is 12. The number of likely N-dealkylation sites (N-methyl/N-ethyl adjacent to an activating group) is 1. The summed E-state index contributed by atoms with van der Waals surface area (Å²) in [5.41, 5.74) is 12.8. The van der Waals surface area contributed by atoms with Crippen LogP contribution in [-0.2, 0) is 60.8 Å². The molecule has 7 atom stereocenters. The number of aromatic nitrogens is 3. The first kappa shape index (κ1) is 57.3. The zero-order valence-corrected chi connectivity index (χ0v) is 41.8. The third-order valence-electron chi connectivity index (χ3n) is 11.3. The SMILES string of the molecule is CSCC[C@H](NC(=O)[C@H](CC(C)C)NC(=O)[C@H](Cc1cnc[nH]1)NC(=O)CNC(=O)[C@@H](NC(=O)[C@H](C)N(C)C(=O)[C@H](Cc1c[nH]c2ccccc12)NC(=O)[C@H](CCC(N)=O)NC(C)=O)C(C)C)C(N)=O. The van der Waals surface area contributed by atoms with E-state index in [0.29, 0.717) is 17.0 Å². The smallest absolute Gasteiger partial charge is 0.245 e. The Morgan fingerprint density at radius 2 is 1.37 bits per heavy atom. The summed E-state index contributed by atoms with van der Waals surface area (Å²) in [7, 11) is 1.35. The second-order valence-electron chi connectivity index (χ2n) is 17.8. The van der Waals surface area contributed by atoms with Crippen molar-refractivity contribution in [1.82, 2.24) is 57.1 Å². The fourth-order valence-corrected chi connectivity index (χ4v) is 7.80. The van der Waals surface area contributed by atoms with Crippen LogP contribution in [0.5, 0.6) is 0 Å². The quantitative estimate of drug-likeness (QED) is 0.0390. The van der Waals surface area contributed by atoms with Gasteiger partial charge >= 0.3 is 0 Å². The van der Waals surface area contributed by atoms with Crippen LogP contribution in [0.2, 0.25) is 0 Å². The number of nitrogens with two attached hydrogens (primary N) is 2. The van der Waals surface area contributed by atoms with Gasteiger partial charge in [-0.1, -0.05) is 45.9 Å². The van der Waals surface area contributed by atoms with Gasteiger partial charge in [0.2, 0.25) is 59.1 Å². The van der Waals surface area contributed by atoms with Crippen molar-refractivity contribution >= 4 is 81.7 Å². The summed E-state index contributed by atoms with van der Waals surface area (Å²) < 4.78 is 0. The van der Waals surface area contributed by atoms with E-state index in [0.717, 1.165) is 15.8 Å². The number of rotatable bonds is 29. The first-order chi connectivity index (χ1) is 33.0. The molecule has 0 spiro atoms. The van der Waals surface area contributed by atoms with E-state index >= 15 is 0 Å². The average molecular weight is 996 g/mol. The maximum atomic E-state index is 14.3. The van der Waals surface area contributed by atoms with Crippen LogP contribution in [0.4, 0.5) is 0 Å². The number of para-hydroxylation sites is 1. The van der Waals surface area contributed by atoms with E-state index in [1.165, 1.54) is 45.2 Å². The summed E-state index contributed by atoms with van der Waals surface area (Å²) in [5, 5.41) is 19.0. The molecule has 0 saturated heterocycles. The lowest BCUT2D eigenvalue weighted by Gasteiger charge is -2.31. The molecule has 2 aromatic heterocycles. The number of imidazole rings is 1. The van der Waals surface area contributed by atoms with Gasteiger partial charge in [-0.15, -0.1) is 0 Å². The summed E-state index contributed by atoms with van der Waals surface area (Å²) in [6, 6.07) is -0.930. The summed E-state index contributed by atoms with van der Waals surface area (Å²) in [5.74, 6) is -7.10. The Balaban J connectivity index is 1.75. The number of fused-ring (bicyclic) bond motifs is 1. The molecular formula is C46H69N13O10S. The molecule has 0 fully saturated rings. The van der Waals surface area contributed by atoms with Gasteiger partial charge < -0.3 is 63.6 Å². The molecular weight excluding hydrogens is 927 g/mol. The van der Waals surface area contributed by atoms with Crippen LogP contribution in [0.25, 0.3) is 10.9 Å². The summed E-state index contributed by atoms with van der Waals surface area (Å²) in [4.78, 5) is 143. The van der Waals surface area contributed by atoms with Crippen molar-refractivity contribution in [3.63, 3.8) is 0 Å². The first-order valence-corrected chi connectivity index (χ1v) is 24.3. The lowest BCUT2D eigenvalue weighted by atomic mass is 10.0. The van der Waals surface area contributed by atoms with Crippen LogP contribution < -0.4 is 48.7 Å². The minimum atomic E-state index is -1.28. The maximum absolute atomic E-state index is 14.3. The van der Waals surface area contributed by atoms with Gasteiger partial charge in [0.15, 0.2) is 0 Å². The van der Waals surface area contributed by atoms with Gasteiger partial charge in [0.25, 0.3) is 0 Å². The Hall–Kier alpha value is -6.98. The van der Waals surface area contributed by atoms with Gasteiger partial charge in [0, 0.05) is 62.2 Å². The molecule has 0 saturated carbocycles. The third kappa shape index (κ3) is 18.2. The van der Waals surface area contributed by atoms with Gasteiger partial charge in [-0.05, 0) is 61.7 Å². The van der Waals surface area contributed by atoms with E-state index in [2.05, 4.69) is 52.2 Å². The van der Waals surface area contributed by atoms with E-state index in [9.17, 15) is 47.9 Å². The van der Waals surface area contributed by atoms with Gasteiger partial charge in [0.05, 0.1) is 12.9 Å². The molecule has 0 bridgehead atoms. The number of benzene rings is 1. The number of primary amides is 2. The number of H-pyrrole nitrogens is 2. The topological polar surface area (TPSA) is 355 Å². The highest BCUT2D eigenvalue weighted by Gasteiger charge is 2.35. The highest BCUT2D eigenvalue weighted by molar-refractivity contribution is 7.98. The van der Waals surface area contributed by atoms with Crippen molar-refractivity contribution in [2.75, 3.05) is 25.6 Å². The van der Waals surface area contributed by atoms with Crippen molar-refractivity contribution in [1.29, 1.82) is 0 Å². The van der Waals surface area contributed by atoms with Crippen LogP contribution in [0.15, 0.2) is 43.0 Å². The molecule has 1 aromatic carbocycles. The predicted molar refractivity (Wildman–Crippen MR) is 262 cm³/mol. The fourth-order valence-electron chi connectivity index (χ4n) is 7.33. The van der Waals surface area contributed by atoms with Crippen LogP contribution in [0, 0.1) is 11.8 Å². The van der Waals surface area contributed by atoms with Crippen LogP contribution in [-0.4, -0.2) is 147 Å². The van der Waals surface area contributed by atoms with Crippen molar-refractivity contribution in [3.8, 4) is 0 Å². The van der Waals surface area contributed by atoms with E-state index in [1.54, 1.807) is 20.0 Å². The largest absolute Gasteiger partial charge is 0.370 e. The van der Waals surface area contributed by atoms with E-state index in [1.807, 2.05) is 44.4 Å². The minimum Gasteiger partial charge on any atom is -0.370 e. The number of carbonyl (C=O) groups excluding carboxylic acids is 10. The van der Waals surface area contributed by atoms with Crippen LogP contribution >= 0.6 is 11.8 Å². The molecule has 0 radical (unpaired) electrons. The molecule has 0 aliphatic heterocycles. The molecule has 13 N–H and O–H groups in total. The van der Waals surface area contributed by atoms with Gasteiger partial charge in [-0.25, -0.2) is 4.98 Å². The number of carbonyl (C=O) groups is 10. The summed E-state index contributed by atoms with van der Waals surface area (Å²) >= 11 is 1.47. The lowest BCUT2D eigenvalue weighted by molar-refractivity contribution is -0.142. The summed E-state index contributed by atoms with van der Waals surface area (Å²) in [6.45, 7) is 9.00. The Kier molecular flexibility index (Phi) is 22.8. The predicted octanol–water partition coefficient (Wildman–Crippen LogP) is -1.23. The first-order valence-electron chi connectivity index (χ1n) is 22.9. The van der Waals surface area contributed by atoms with Crippen molar-refractivity contribution in [2.45, 2.75) is 122 Å². The number of amides is 10. The van der Waals surface area contributed by atoms with Crippen molar-refractivity contribution in [3.05, 3.63) is 54.2 Å². The van der Waals surface area contributed by atoms with Gasteiger partial charge in [0.1, 0.15) is 42.3 Å². The van der Waals surface area contributed by atoms with Crippen molar-refractivity contribution in [2.24, 2.45) is 23.3 Å². The fraction of sp³-hybridized carbons (Fsp3) is 0.543. The Labute approximate surface area is 411 Å². The Morgan fingerprint density at radius 3 is 1.97 bits per heavy atom. The molecule has 3 rings (SSSR count). The number of aromatic amines is 2. The Bertz CT molecular complexity index is 2300. The van der Waals surface area contributed by atoms with Crippen LogP contribution in [0.3, 0.4) is 0 Å². The molecule has 23 nitrogen and oxygen atoms in total. The molecule has 0 unspecified atom stereocenters. The second kappa shape index (κ2) is 27.9. The normalized spacial score (nSPS) is 14.2. The molecule has 0 aliphatic carbocycles. The molecule has 0 aliphatic rings. The summed E-state index contributed by atoms with van der Waals surface area (Å²) in [6.07, 6.45) is 6.38. The minimum absolute atomic E-state index is 0.0386. The third-order valence-corrected chi connectivity index (χ3v) is 12.0. The van der Waals surface area contributed by atoms with Crippen LogP contribution in [0.1, 0.15) is 78.5 Å². The molecule has 2 heterocycles. The van der Waals surface area contributed by atoms with E-state index in [4.69, 9.17) is 11.5 Å². The average Bonchev–Trinajstić information content (AvgIpc) is 3.98. The Morgan fingerprint density at radius 1 is 0.729 bits per heavy atom. The maximum Gasteiger partial charge on any atom is 0.245 e. The number of nitrogens with zero attached hydrogens (tertiary/aromatic N) is 2. The standard InChI is InChI=1S/C46H69N13O10S/c1-24(2)17-34(43(66)55-32(40(48)63)15-16-70-8)56-44(67)35(19-29-21-49-23-52-29)54-38(62)22-51-45(68)39(25(3)4)58-41(64)26(5)59(7)46(69)36(18-28-20-50-31-12-10-9-11-30(28)31)57-42(65)33(53-27(6)60)13-14-37(47)61/h9-12,20-21,23-26,32-36,39,50H,13-19,22H2,1-8H3,(H2,47,61)(H2,48,63)(H,49,52)(H,51,68)(H,53,60)(H,54,62)(H,55,66)(H,56,67)(H,57,65)(H,58,64)/t26-,32-,33-,34-,35-,36-,39-/m0/s1. The van der Waals surface area contributed by atoms with E-state index < -0.39 is 114 Å². The molecule has 384 valence electrons. The van der Waals surface area contributed by atoms with Gasteiger partial charge in [-0.2, -0.15) is 11.8 Å². The van der Waals surface area contributed by atoms with E-state index in [-0.39, 0.29) is 44.4 Å². The molecule has 3 aromatic rings. The zero-order valence-electron chi connectivity index (χ0n) is 40.9. The molecule has 24 heteroatoms.